The highest BCUT2D eigenvalue weighted by Gasteiger charge is 2.64. The molecular formula is C28H42O5. The van der Waals surface area contributed by atoms with E-state index in [2.05, 4.69) is 19.9 Å². The van der Waals surface area contributed by atoms with E-state index in [1.807, 2.05) is 13.8 Å². The van der Waals surface area contributed by atoms with Crippen LogP contribution in [0.15, 0.2) is 22.8 Å². The molecule has 1 heterocycles. The zero-order valence-corrected chi connectivity index (χ0v) is 20.9. The summed E-state index contributed by atoms with van der Waals surface area (Å²) in [5.74, 6) is 1.18. The van der Waals surface area contributed by atoms with E-state index in [1.54, 1.807) is 6.92 Å². The number of aliphatic hydroxyl groups is 3. The highest BCUT2D eigenvalue weighted by atomic mass is 16.6. The molecule has 10 unspecified atom stereocenters. The highest BCUT2D eigenvalue weighted by molar-refractivity contribution is 5.89. The molecule has 3 fully saturated rings. The molecule has 0 spiro atoms. The van der Waals surface area contributed by atoms with Crippen molar-refractivity contribution in [1.82, 2.24) is 0 Å². The molecule has 0 bridgehead atoms. The Morgan fingerprint density at radius 3 is 2.52 bits per heavy atom. The molecule has 33 heavy (non-hydrogen) atoms. The van der Waals surface area contributed by atoms with E-state index in [0.717, 1.165) is 37.7 Å². The number of carbonyl (C=O) groups excluding carboxylic acids is 1. The van der Waals surface area contributed by atoms with Gasteiger partial charge in [-0.25, -0.2) is 4.79 Å². The second-order valence-electron chi connectivity index (χ2n) is 12.6. The summed E-state index contributed by atoms with van der Waals surface area (Å²) in [7, 11) is 0. The Kier molecular flexibility index (Phi) is 5.47. The molecule has 0 aromatic heterocycles. The van der Waals surface area contributed by atoms with E-state index in [9.17, 15) is 20.1 Å². The van der Waals surface area contributed by atoms with Gasteiger partial charge in [0.05, 0.1) is 12.2 Å². The number of hydrogen-bond donors (Lipinski definition) is 3. The van der Waals surface area contributed by atoms with Crippen molar-refractivity contribution < 1.29 is 24.9 Å². The third-order valence-corrected chi connectivity index (χ3v) is 11.2. The van der Waals surface area contributed by atoms with Crippen LogP contribution >= 0.6 is 0 Å². The molecule has 3 N–H and O–H groups in total. The van der Waals surface area contributed by atoms with Crippen LogP contribution in [0.5, 0.6) is 0 Å². The Morgan fingerprint density at radius 2 is 1.82 bits per heavy atom. The van der Waals surface area contributed by atoms with Crippen LogP contribution < -0.4 is 0 Å². The third kappa shape index (κ3) is 3.25. The van der Waals surface area contributed by atoms with Gasteiger partial charge in [-0.2, -0.15) is 0 Å². The van der Waals surface area contributed by atoms with Crippen LogP contribution in [0.4, 0.5) is 0 Å². The predicted molar refractivity (Wildman–Crippen MR) is 126 cm³/mol. The highest BCUT2D eigenvalue weighted by Crippen LogP contribution is 2.68. The molecule has 5 aliphatic rings. The molecule has 5 rings (SSSR count). The molecule has 1 aliphatic heterocycles. The molecule has 0 saturated heterocycles. The molecule has 0 amide bonds. The largest absolute Gasteiger partial charge is 0.456 e. The van der Waals surface area contributed by atoms with E-state index in [-0.39, 0.29) is 22.7 Å². The lowest BCUT2D eigenvalue weighted by atomic mass is 9.46. The van der Waals surface area contributed by atoms with Crippen LogP contribution in [0.1, 0.15) is 86.0 Å². The summed E-state index contributed by atoms with van der Waals surface area (Å²) in [5.41, 5.74) is 1.62. The first-order chi connectivity index (χ1) is 15.4. The summed E-state index contributed by atoms with van der Waals surface area (Å²) in [6, 6.07) is 0. The van der Waals surface area contributed by atoms with Crippen molar-refractivity contribution in [2.45, 2.75) is 110 Å². The predicted octanol–water partition coefficient (Wildman–Crippen LogP) is 4.30. The molecule has 184 valence electrons. The number of aliphatic hydroxyl groups excluding tert-OH is 2. The normalized spacial score (nSPS) is 49.4. The smallest absolute Gasteiger partial charge is 0.334 e. The van der Waals surface area contributed by atoms with Gasteiger partial charge in [-0.3, -0.25) is 0 Å². The molecule has 0 radical (unpaired) electrons. The zero-order valence-electron chi connectivity index (χ0n) is 20.9. The fourth-order valence-corrected chi connectivity index (χ4v) is 9.08. The monoisotopic (exact) mass is 458 g/mol. The van der Waals surface area contributed by atoms with Crippen molar-refractivity contribution in [3.8, 4) is 0 Å². The average Bonchev–Trinajstić information content (AvgIpc) is 3.10. The standard InChI is InChI=1S/C28H42O5/c1-15-12-24(33-25(31)16(15)2)28(5,32)22-9-8-20-19-7-6-17-13-18(29)14-23(30)27(17,4)21(19)10-11-26(20,22)3/h6,18-24,29-30,32H,7-14H2,1-5H3. The second kappa shape index (κ2) is 7.66. The van der Waals surface area contributed by atoms with Gasteiger partial charge in [-0.05, 0) is 88.4 Å². The van der Waals surface area contributed by atoms with Crippen LogP contribution in [0.2, 0.25) is 0 Å². The maximum absolute atomic E-state index is 12.4. The van der Waals surface area contributed by atoms with Crippen LogP contribution in [0, 0.1) is 34.5 Å². The van der Waals surface area contributed by atoms with Gasteiger partial charge < -0.3 is 20.1 Å². The number of carbonyl (C=O) groups is 1. The van der Waals surface area contributed by atoms with Crippen molar-refractivity contribution in [1.29, 1.82) is 0 Å². The van der Waals surface area contributed by atoms with Gasteiger partial charge in [0, 0.05) is 23.8 Å². The van der Waals surface area contributed by atoms with Gasteiger partial charge in [0.2, 0.25) is 0 Å². The van der Waals surface area contributed by atoms with E-state index in [1.165, 1.54) is 5.57 Å². The van der Waals surface area contributed by atoms with Gasteiger partial charge in [0.15, 0.2) is 0 Å². The van der Waals surface area contributed by atoms with E-state index in [0.29, 0.717) is 42.6 Å². The van der Waals surface area contributed by atoms with Gasteiger partial charge >= 0.3 is 5.97 Å². The fraction of sp³-hybridized carbons (Fsp3) is 0.821. The molecular weight excluding hydrogens is 416 g/mol. The Bertz CT molecular complexity index is 902. The van der Waals surface area contributed by atoms with E-state index in [4.69, 9.17) is 4.74 Å². The first kappa shape index (κ1) is 23.6. The minimum Gasteiger partial charge on any atom is -0.456 e. The van der Waals surface area contributed by atoms with Crippen molar-refractivity contribution in [2.24, 2.45) is 34.5 Å². The molecule has 5 heteroatoms. The lowest BCUT2D eigenvalue weighted by Gasteiger charge is -2.60. The molecule has 4 aliphatic carbocycles. The summed E-state index contributed by atoms with van der Waals surface area (Å²) in [6.07, 6.45) is 7.74. The fourth-order valence-electron chi connectivity index (χ4n) is 9.08. The number of hydrogen-bond acceptors (Lipinski definition) is 5. The lowest BCUT2D eigenvalue weighted by Crippen LogP contribution is -2.58. The molecule has 0 aromatic rings. The zero-order chi connectivity index (χ0) is 23.9. The Hall–Kier alpha value is -1.17. The first-order valence-electron chi connectivity index (χ1n) is 13.1. The average molecular weight is 459 g/mol. The topological polar surface area (TPSA) is 87.0 Å². The van der Waals surface area contributed by atoms with Gasteiger partial charge in [0.1, 0.15) is 11.7 Å². The Labute approximate surface area is 198 Å². The van der Waals surface area contributed by atoms with E-state index >= 15 is 0 Å². The number of fused-ring (bicyclic) bond motifs is 5. The van der Waals surface area contributed by atoms with E-state index < -0.39 is 23.9 Å². The SMILES string of the molecule is CC1=C(C)C(=O)OC(C(C)(O)C2CCC3C4CC=C5CC(O)CC(O)C5(C)C4CCC32C)C1. The maximum atomic E-state index is 12.4. The van der Waals surface area contributed by atoms with Crippen LogP contribution in [0.25, 0.3) is 0 Å². The summed E-state index contributed by atoms with van der Waals surface area (Å²) in [6.45, 7) is 10.3. The summed E-state index contributed by atoms with van der Waals surface area (Å²) in [4.78, 5) is 12.4. The number of ether oxygens (including phenoxy) is 1. The number of allylic oxidation sites excluding steroid dienone is 1. The molecule has 5 nitrogen and oxygen atoms in total. The summed E-state index contributed by atoms with van der Waals surface area (Å²) < 4.78 is 5.78. The number of cyclic esters (lactones) is 1. The summed E-state index contributed by atoms with van der Waals surface area (Å²) in [5, 5.41) is 33.3. The minimum absolute atomic E-state index is 0.0119. The Balaban J connectivity index is 1.43. The van der Waals surface area contributed by atoms with Crippen LogP contribution in [-0.2, 0) is 9.53 Å². The first-order valence-corrected chi connectivity index (χ1v) is 13.1. The van der Waals surface area contributed by atoms with Crippen LogP contribution in [0.3, 0.4) is 0 Å². The van der Waals surface area contributed by atoms with Crippen LogP contribution in [-0.4, -0.2) is 45.2 Å². The maximum Gasteiger partial charge on any atom is 0.334 e. The molecule has 0 aromatic carbocycles. The van der Waals surface area contributed by atoms with Gasteiger partial charge in [0.25, 0.3) is 0 Å². The Morgan fingerprint density at radius 1 is 1.09 bits per heavy atom. The van der Waals surface area contributed by atoms with Crippen molar-refractivity contribution >= 4 is 5.97 Å². The second-order valence-corrected chi connectivity index (χ2v) is 12.6. The minimum atomic E-state index is -1.07. The van der Waals surface area contributed by atoms with Crippen molar-refractivity contribution in [2.75, 3.05) is 0 Å². The number of esters is 1. The van der Waals surface area contributed by atoms with Gasteiger partial charge in [-0.1, -0.05) is 31.1 Å². The third-order valence-electron chi connectivity index (χ3n) is 11.2. The molecule has 3 saturated carbocycles. The quantitative estimate of drug-likeness (QED) is 0.424. The summed E-state index contributed by atoms with van der Waals surface area (Å²) >= 11 is 0. The number of rotatable bonds is 2. The van der Waals surface area contributed by atoms with Gasteiger partial charge in [-0.15, -0.1) is 0 Å². The molecule has 10 atom stereocenters. The van der Waals surface area contributed by atoms with Crippen molar-refractivity contribution in [3.05, 3.63) is 22.8 Å². The lowest BCUT2D eigenvalue weighted by molar-refractivity contribution is -0.183. The van der Waals surface area contributed by atoms with Crippen molar-refractivity contribution in [3.63, 3.8) is 0 Å².